The third-order valence-corrected chi connectivity index (χ3v) is 5.96. The highest BCUT2D eigenvalue weighted by Crippen LogP contribution is 2.45. The molecule has 3 heteroatoms. The van der Waals surface area contributed by atoms with E-state index in [4.69, 9.17) is 4.74 Å². The number of ether oxygens (including phenoxy) is 1. The molecule has 0 bridgehead atoms. The molecular weight excluding hydrogens is 310 g/mol. The van der Waals surface area contributed by atoms with E-state index in [1.54, 1.807) is 0 Å². The van der Waals surface area contributed by atoms with Crippen molar-refractivity contribution < 1.29 is 9.53 Å². The van der Waals surface area contributed by atoms with Crippen molar-refractivity contribution in [2.45, 2.75) is 32.2 Å². The van der Waals surface area contributed by atoms with Crippen LogP contribution in [-0.4, -0.2) is 31.1 Å². The summed E-state index contributed by atoms with van der Waals surface area (Å²) < 4.78 is 4.97. The third kappa shape index (κ3) is 3.21. The maximum absolute atomic E-state index is 12.1. The highest BCUT2D eigenvalue weighted by Gasteiger charge is 2.41. The summed E-state index contributed by atoms with van der Waals surface area (Å²) in [5.41, 5.74) is 5.06. The molecule has 4 rings (SSSR count). The van der Waals surface area contributed by atoms with Crippen LogP contribution in [0.5, 0.6) is 0 Å². The Morgan fingerprint density at radius 3 is 2.52 bits per heavy atom. The van der Waals surface area contributed by atoms with Gasteiger partial charge in [-0.1, -0.05) is 42.5 Å². The Bertz CT molecular complexity index is 761. The Morgan fingerprint density at radius 2 is 1.80 bits per heavy atom. The highest BCUT2D eigenvalue weighted by molar-refractivity contribution is 5.91. The van der Waals surface area contributed by atoms with Gasteiger partial charge in [-0.3, -0.25) is 4.90 Å². The minimum atomic E-state index is -0.199. The van der Waals surface area contributed by atoms with Gasteiger partial charge in [0.05, 0.1) is 12.7 Å². The molecular formula is C22H25NO2. The van der Waals surface area contributed by atoms with Crippen LogP contribution in [0.2, 0.25) is 0 Å². The van der Waals surface area contributed by atoms with Crippen molar-refractivity contribution >= 4 is 5.97 Å². The zero-order valence-electron chi connectivity index (χ0n) is 14.8. The van der Waals surface area contributed by atoms with Crippen molar-refractivity contribution in [1.29, 1.82) is 0 Å². The topological polar surface area (TPSA) is 29.5 Å². The van der Waals surface area contributed by atoms with Gasteiger partial charge in [0.1, 0.15) is 0 Å². The van der Waals surface area contributed by atoms with E-state index < -0.39 is 0 Å². The minimum absolute atomic E-state index is 0.199. The number of piperidine rings is 1. The molecule has 0 saturated carbocycles. The molecule has 2 aromatic rings. The van der Waals surface area contributed by atoms with Crippen molar-refractivity contribution in [3.8, 4) is 0 Å². The molecule has 1 heterocycles. The van der Waals surface area contributed by atoms with Crippen molar-refractivity contribution in [3.05, 3.63) is 70.8 Å². The molecule has 1 aliphatic carbocycles. The second-order valence-corrected chi connectivity index (χ2v) is 7.55. The number of carbonyl (C=O) groups excluding carboxylic acids is 1. The van der Waals surface area contributed by atoms with E-state index in [9.17, 15) is 4.79 Å². The fourth-order valence-electron chi connectivity index (χ4n) is 4.53. The van der Waals surface area contributed by atoms with E-state index in [2.05, 4.69) is 41.3 Å². The summed E-state index contributed by atoms with van der Waals surface area (Å²) in [6.45, 7) is 3.31. The molecule has 1 fully saturated rings. The molecule has 25 heavy (non-hydrogen) atoms. The fraction of sp³-hybridized carbons (Fsp3) is 0.409. The first-order chi connectivity index (χ1) is 12.2. The van der Waals surface area contributed by atoms with Crippen LogP contribution in [0.15, 0.2) is 48.5 Å². The van der Waals surface area contributed by atoms with Gasteiger partial charge in [0.15, 0.2) is 0 Å². The summed E-state index contributed by atoms with van der Waals surface area (Å²) in [5.74, 6) is -0.199. The van der Waals surface area contributed by atoms with Gasteiger partial charge in [0, 0.05) is 6.54 Å². The lowest BCUT2D eigenvalue weighted by Crippen LogP contribution is -2.40. The van der Waals surface area contributed by atoms with Crippen molar-refractivity contribution in [3.63, 3.8) is 0 Å². The van der Waals surface area contributed by atoms with Crippen molar-refractivity contribution in [1.82, 2.24) is 4.90 Å². The number of nitrogens with zero attached hydrogens (tertiary/aromatic N) is 1. The molecule has 2 aliphatic rings. The van der Waals surface area contributed by atoms with E-state index >= 15 is 0 Å². The maximum Gasteiger partial charge on any atom is 0.338 e. The number of likely N-dealkylation sites (tertiary alicyclic amines) is 1. The summed E-state index contributed by atoms with van der Waals surface area (Å²) >= 11 is 0. The number of benzene rings is 2. The van der Waals surface area contributed by atoms with Crippen LogP contribution < -0.4 is 0 Å². The lowest BCUT2D eigenvalue weighted by Gasteiger charge is -2.39. The van der Waals surface area contributed by atoms with Crippen LogP contribution in [0, 0.1) is 5.41 Å². The van der Waals surface area contributed by atoms with Gasteiger partial charge in [-0.25, -0.2) is 4.79 Å². The number of carbonyl (C=O) groups is 1. The Morgan fingerprint density at radius 1 is 1.04 bits per heavy atom. The number of methoxy groups -OCH3 is 1. The lowest BCUT2D eigenvalue weighted by molar-refractivity contribution is 0.0598. The quantitative estimate of drug-likeness (QED) is 0.798. The first-order valence-electron chi connectivity index (χ1n) is 9.14. The fourth-order valence-corrected chi connectivity index (χ4v) is 4.53. The third-order valence-electron chi connectivity index (χ3n) is 5.96. The van der Waals surface area contributed by atoms with Crippen molar-refractivity contribution in [2.75, 3.05) is 20.2 Å². The second kappa shape index (κ2) is 6.64. The van der Waals surface area contributed by atoms with Crippen LogP contribution in [0.25, 0.3) is 0 Å². The molecule has 3 nitrogen and oxygen atoms in total. The van der Waals surface area contributed by atoms with Gasteiger partial charge in [-0.05, 0) is 66.9 Å². The van der Waals surface area contributed by atoms with Crippen LogP contribution in [0.1, 0.15) is 39.9 Å². The average molecular weight is 335 g/mol. The van der Waals surface area contributed by atoms with Gasteiger partial charge < -0.3 is 4.74 Å². The Hall–Kier alpha value is -2.13. The second-order valence-electron chi connectivity index (χ2n) is 7.55. The molecule has 0 unspecified atom stereocenters. The van der Waals surface area contributed by atoms with Gasteiger partial charge in [0.2, 0.25) is 0 Å². The first-order valence-corrected chi connectivity index (χ1v) is 9.14. The SMILES string of the molecule is COC(=O)c1cccc2c1CC1(CCN(Cc3ccccc3)CC1)C2. The largest absolute Gasteiger partial charge is 0.465 e. The highest BCUT2D eigenvalue weighted by atomic mass is 16.5. The molecule has 1 aliphatic heterocycles. The van der Waals surface area contributed by atoms with E-state index in [-0.39, 0.29) is 5.97 Å². The molecule has 0 amide bonds. The van der Waals surface area contributed by atoms with Crippen molar-refractivity contribution in [2.24, 2.45) is 5.41 Å². The summed E-state index contributed by atoms with van der Waals surface area (Å²) in [4.78, 5) is 14.6. The van der Waals surface area contributed by atoms with Gasteiger partial charge in [-0.15, -0.1) is 0 Å². The summed E-state index contributed by atoms with van der Waals surface area (Å²) in [7, 11) is 1.47. The summed E-state index contributed by atoms with van der Waals surface area (Å²) in [5, 5.41) is 0. The summed E-state index contributed by atoms with van der Waals surface area (Å²) in [6, 6.07) is 16.8. The average Bonchev–Trinajstić information content (AvgIpc) is 3.02. The van der Waals surface area contributed by atoms with Crippen LogP contribution >= 0.6 is 0 Å². The lowest BCUT2D eigenvalue weighted by atomic mass is 9.75. The molecule has 1 saturated heterocycles. The molecule has 0 aromatic heterocycles. The molecule has 0 radical (unpaired) electrons. The van der Waals surface area contributed by atoms with Gasteiger partial charge in [-0.2, -0.15) is 0 Å². The monoisotopic (exact) mass is 335 g/mol. The van der Waals surface area contributed by atoms with E-state index in [1.165, 1.54) is 36.6 Å². The van der Waals surface area contributed by atoms with Gasteiger partial charge in [0.25, 0.3) is 0 Å². The Balaban J connectivity index is 1.45. The van der Waals surface area contributed by atoms with E-state index in [0.717, 1.165) is 38.0 Å². The van der Waals surface area contributed by atoms with Gasteiger partial charge >= 0.3 is 5.97 Å². The smallest absolute Gasteiger partial charge is 0.338 e. The zero-order chi connectivity index (χ0) is 17.3. The zero-order valence-corrected chi connectivity index (χ0v) is 14.8. The Labute approximate surface area is 149 Å². The normalized spacial score (nSPS) is 18.9. The minimum Gasteiger partial charge on any atom is -0.465 e. The molecule has 0 atom stereocenters. The number of esters is 1. The predicted molar refractivity (Wildman–Crippen MR) is 98.6 cm³/mol. The number of fused-ring (bicyclic) bond motifs is 1. The standard InChI is InChI=1S/C22H25NO2/c1-25-21(24)19-9-5-8-18-14-22(15-20(18)19)10-12-23(13-11-22)16-17-6-3-2-4-7-17/h2-9H,10-16H2,1H3. The van der Waals surface area contributed by atoms with Crippen LogP contribution in [0.3, 0.4) is 0 Å². The first kappa shape index (κ1) is 16.3. The molecule has 1 spiro atoms. The predicted octanol–water partition coefficient (Wildman–Crippen LogP) is 3.85. The van der Waals surface area contributed by atoms with Crippen LogP contribution in [-0.2, 0) is 24.1 Å². The van der Waals surface area contributed by atoms with Crippen LogP contribution in [0.4, 0.5) is 0 Å². The molecule has 130 valence electrons. The Kier molecular flexibility index (Phi) is 4.34. The summed E-state index contributed by atoms with van der Waals surface area (Å²) in [6.07, 6.45) is 4.53. The maximum atomic E-state index is 12.1. The molecule has 0 N–H and O–H groups in total. The number of rotatable bonds is 3. The number of hydrogen-bond donors (Lipinski definition) is 0. The number of hydrogen-bond acceptors (Lipinski definition) is 3. The van der Waals surface area contributed by atoms with E-state index in [0.29, 0.717) is 5.41 Å². The van der Waals surface area contributed by atoms with E-state index in [1.807, 2.05) is 12.1 Å². The molecule has 2 aromatic carbocycles.